The second-order valence-electron chi connectivity index (χ2n) is 3.17. The van der Waals surface area contributed by atoms with Crippen molar-refractivity contribution in [2.75, 3.05) is 0 Å². The zero-order valence-corrected chi connectivity index (χ0v) is 10.5. The van der Waals surface area contributed by atoms with E-state index in [1.165, 1.54) is 0 Å². The highest BCUT2D eigenvalue weighted by atomic mass is 35.7. The minimum absolute atomic E-state index is 0.312. The van der Waals surface area contributed by atoms with E-state index in [4.69, 9.17) is 10.7 Å². The lowest BCUT2D eigenvalue weighted by atomic mass is 10.2. The van der Waals surface area contributed by atoms with Crippen LogP contribution in [0.2, 0.25) is 0 Å². The van der Waals surface area contributed by atoms with Crippen LogP contribution in [0.5, 0.6) is 5.75 Å². The molecule has 0 aliphatic heterocycles. The minimum Gasteiger partial charge on any atom is -0.395 e. The standard InChI is InChI=1S/C7H4ClF3N2O5S/c1-3-2-12-6(19(8,16)17)5(4(3)13(14)15)18-7(9,10)11/h2H,1H3. The van der Waals surface area contributed by atoms with Gasteiger partial charge in [-0.3, -0.25) is 10.1 Å². The molecule has 1 aromatic heterocycles. The van der Waals surface area contributed by atoms with Crippen molar-refractivity contribution in [1.82, 2.24) is 4.98 Å². The summed E-state index contributed by atoms with van der Waals surface area (Å²) in [5, 5.41) is 9.33. The van der Waals surface area contributed by atoms with E-state index in [2.05, 4.69) is 9.72 Å². The van der Waals surface area contributed by atoms with Crippen LogP contribution < -0.4 is 4.74 Å². The summed E-state index contributed by atoms with van der Waals surface area (Å²) >= 11 is 0. The number of halogens is 4. The van der Waals surface area contributed by atoms with Gasteiger partial charge in [-0.1, -0.05) is 0 Å². The van der Waals surface area contributed by atoms with Crippen molar-refractivity contribution < 1.29 is 31.2 Å². The first-order chi connectivity index (χ1) is 8.43. The van der Waals surface area contributed by atoms with Crippen LogP contribution >= 0.6 is 10.7 Å². The van der Waals surface area contributed by atoms with E-state index in [0.717, 1.165) is 6.92 Å². The van der Waals surface area contributed by atoms with Crippen LogP contribution in [0.15, 0.2) is 11.2 Å². The number of rotatable bonds is 3. The molecular formula is C7H4ClF3N2O5S. The molecule has 1 heterocycles. The Labute approximate surface area is 108 Å². The maximum Gasteiger partial charge on any atom is 0.573 e. The molecule has 0 radical (unpaired) electrons. The molecule has 12 heteroatoms. The van der Waals surface area contributed by atoms with Crippen molar-refractivity contribution in [2.24, 2.45) is 0 Å². The third kappa shape index (κ3) is 3.67. The molecule has 0 aliphatic rings. The molecule has 0 N–H and O–H groups in total. The summed E-state index contributed by atoms with van der Waals surface area (Å²) in [5.41, 5.74) is -1.49. The Kier molecular flexibility index (Phi) is 3.91. The van der Waals surface area contributed by atoms with Gasteiger partial charge in [0, 0.05) is 22.4 Å². The van der Waals surface area contributed by atoms with Gasteiger partial charge in [0.2, 0.25) is 10.8 Å². The molecule has 0 amide bonds. The van der Waals surface area contributed by atoms with Crippen molar-refractivity contribution in [2.45, 2.75) is 18.3 Å². The number of nitrogens with zero attached hydrogens (tertiary/aromatic N) is 2. The Morgan fingerprint density at radius 2 is 2.00 bits per heavy atom. The van der Waals surface area contributed by atoms with E-state index >= 15 is 0 Å². The van der Waals surface area contributed by atoms with E-state index in [1.807, 2.05) is 0 Å². The normalized spacial score (nSPS) is 12.3. The summed E-state index contributed by atoms with van der Waals surface area (Å²) in [6.45, 7) is 1.07. The highest BCUT2D eigenvalue weighted by Crippen LogP contribution is 2.39. The molecule has 19 heavy (non-hydrogen) atoms. The third-order valence-corrected chi connectivity index (χ3v) is 2.98. The van der Waals surface area contributed by atoms with Crippen molar-refractivity contribution >= 4 is 25.4 Å². The predicted molar refractivity (Wildman–Crippen MR) is 55.4 cm³/mol. The topological polar surface area (TPSA) is 99.4 Å². The Hall–Kier alpha value is -1.62. The molecule has 0 aromatic carbocycles. The Morgan fingerprint density at radius 1 is 1.47 bits per heavy atom. The molecule has 0 atom stereocenters. The van der Waals surface area contributed by atoms with E-state index in [1.54, 1.807) is 0 Å². The van der Waals surface area contributed by atoms with Crippen LogP contribution in [0.1, 0.15) is 5.56 Å². The number of pyridine rings is 1. The molecule has 0 spiro atoms. The Morgan fingerprint density at radius 3 is 2.37 bits per heavy atom. The van der Waals surface area contributed by atoms with Gasteiger partial charge >= 0.3 is 12.0 Å². The van der Waals surface area contributed by atoms with Gasteiger partial charge in [0.15, 0.2) is 0 Å². The molecule has 0 fully saturated rings. The summed E-state index contributed by atoms with van der Waals surface area (Å²) in [7, 11) is 0.114. The van der Waals surface area contributed by atoms with E-state index in [0.29, 0.717) is 6.20 Å². The number of hydrogen-bond acceptors (Lipinski definition) is 6. The average Bonchev–Trinajstić information content (AvgIpc) is 2.11. The number of nitro groups is 1. The molecule has 0 saturated carbocycles. The fourth-order valence-corrected chi connectivity index (χ4v) is 2.03. The van der Waals surface area contributed by atoms with Gasteiger partial charge in [0.05, 0.1) is 4.92 Å². The zero-order valence-electron chi connectivity index (χ0n) is 8.93. The monoisotopic (exact) mass is 320 g/mol. The molecule has 1 aromatic rings. The lowest BCUT2D eigenvalue weighted by Gasteiger charge is -2.12. The number of aryl methyl sites for hydroxylation is 1. The first-order valence-electron chi connectivity index (χ1n) is 4.28. The van der Waals surface area contributed by atoms with Crippen LogP contribution in [0.4, 0.5) is 18.9 Å². The second-order valence-corrected chi connectivity index (χ2v) is 5.65. The van der Waals surface area contributed by atoms with Crippen molar-refractivity contribution in [1.29, 1.82) is 0 Å². The average molecular weight is 321 g/mol. The molecule has 0 unspecified atom stereocenters. The van der Waals surface area contributed by atoms with Crippen molar-refractivity contribution in [3.05, 3.63) is 21.9 Å². The van der Waals surface area contributed by atoms with E-state index < -0.39 is 36.8 Å². The van der Waals surface area contributed by atoms with Gasteiger partial charge in [-0.15, -0.1) is 13.2 Å². The Balaban J connectivity index is 3.69. The van der Waals surface area contributed by atoms with Crippen molar-refractivity contribution in [3.8, 4) is 5.75 Å². The van der Waals surface area contributed by atoms with Crippen molar-refractivity contribution in [3.63, 3.8) is 0 Å². The van der Waals surface area contributed by atoms with Gasteiger partial charge in [-0.25, -0.2) is 13.4 Å². The Bertz CT molecular complexity index is 630. The fourth-order valence-electron chi connectivity index (χ4n) is 1.16. The molecule has 0 aliphatic carbocycles. The number of alkyl halides is 3. The lowest BCUT2D eigenvalue weighted by molar-refractivity contribution is -0.389. The highest BCUT2D eigenvalue weighted by Gasteiger charge is 2.39. The predicted octanol–water partition coefficient (Wildman–Crippen LogP) is 2.12. The van der Waals surface area contributed by atoms with Crippen LogP contribution in [0.3, 0.4) is 0 Å². The van der Waals surface area contributed by atoms with Gasteiger partial charge in [0.25, 0.3) is 9.05 Å². The molecule has 7 nitrogen and oxygen atoms in total. The molecule has 1 rings (SSSR count). The first-order valence-corrected chi connectivity index (χ1v) is 6.59. The van der Waals surface area contributed by atoms with Crippen LogP contribution in [-0.4, -0.2) is 24.7 Å². The lowest BCUT2D eigenvalue weighted by Crippen LogP contribution is -2.20. The number of ether oxygens (including phenoxy) is 1. The smallest absolute Gasteiger partial charge is 0.395 e. The van der Waals surface area contributed by atoms with Gasteiger partial charge < -0.3 is 4.74 Å². The van der Waals surface area contributed by atoms with Gasteiger partial charge in [-0.05, 0) is 6.92 Å². The zero-order chi connectivity index (χ0) is 15.0. The van der Waals surface area contributed by atoms with Crippen LogP contribution in [0.25, 0.3) is 0 Å². The maximum absolute atomic E-state index is 12.2. The SMILES string of the molecule is Cc1cnc(S(=O)(=O)Cl)c(OC(F)(F)F)c1[N+](=O)[O-]. The second kappa shape index (κ2) is 4.81. The molecular weight excluding hydrogens is 317 g/mol. The molecule has 0 bridgehead atoms. The number of hydrogen-bond donors (Lipinski definition) is 0. The highest BCUT2D eigenvalue weighted by molar-refractivity contribution is 8.13. The molecule has 106 valence electrons. The van der Waals surface area contributed by atoms with Crippen LogP contribution in [-0.2, 0) is 9.05 Å². The maximum atomic E-state index is 12.2. The summed E-state index contributed by atoms with van der Waals surface area (Å²) in [5.74, 6) is -1.56. The number of aromatic nitrogens is 1. The largest absolute Gasteiger partial charge is 0.573 e. The fraction of sp³-hybridized carbons (Fsp3) is 0.286. The summed E-state index contributed by atoms with van der Waals surface area (Å²) in [6, 6.07) is 0. The molecule has 0 saturated heterocycles. The first kappa shape index (κ1) is 15.4. The van der Waals surface area contributed by atoms with Gasteiger partial charge in [-0.2, -0.15) is 0 Å². The summed E-state index contributed by atoms with van der Waals surface area (Å²) in [6.07, 6.45) is -4.63. The van der Waals surface area contributed by atoms with E-state index in [-0.39, 0.29) is 5.56 Å². The third-order valence-electron chi connectivity index (χ3n) is 1.79. The van der Waals surface area contributed by atoms with Crippen LogP contribution in [0, 0.1) is 17.0 Å². The van der Waals surface area contributed by atoms with Gasteiger partial charge in [0.1, 0.15) is 0 Å². The summed E-state index contributed by atoms with van der Waals surface area (Å²) in [4.78, 5) is 12.6. The summed E-state index contributed by atoms with van der Waals surface area (Å²) < 4.78 is 62.0. The van der Waals surface area contributed by atoms with E-state index in [9.17, 15) is 31.7 Å². The minimum atomic E-state index is -5.34. The quantitative estimate of drug-likeness (QED) is 0.480.